The summed E-state index contributed by atoms with van der Waals surface area (Å²) in [6, 6.07) is 6.95. The van der Waals surface area contributed by atoms with Crippen molar-refractivity contribution in [3.63, 3.8) is 0 Å². The number of methoxy groups -OCH3 is 1. The van der Waals surface area contributed by atoms with Crippen LogP contribution >= 0.6 is 0 Å². The zero-order valence-electron chi connectivity index (χ0n) is 11.3. The van der Waals surface area contributed by atoms with E-state index >= 15 is 0 Å². The van der Waals surface area contributed by atoms with Gasteiger partial charge in [-0.1, -0.05) is 0 Å². The van der Waals surface area contributed by atoms with Crippen molar-refractivity contribution in [2.45, 2.75) is 0 Å². The highest BCUT2D eigenvalue weighted by Gasteiger charge is 2.16. The summed E-state index contributed by atoms with van der Waals surface area (Å²) in [5.74, 6) is 1.80. The van der Waals surface area contributed by atoms with Crippen LogP contribution in [0.25, 0.3) is 16.6 Å². The number of hydrogen-bond acceptors (Lipinski definition) is 5. The molecule has 21 heavy (non-hydrogen) atoms. The molecule has 0 fully saturated rings. The second-order valence-electron chi connectivity index (χ2n) is 4.73. The SMILES string of the molecule is COc1ccc2nc3cc4c(cc3c(=O)n2c1)OCCO4. The zero-order valence-corrected chi connectivity index (χ0v) is 11.3. The molecular formula is C15H12N2O4. The van der Waals surface area contributed by atoms with E-state index in [4.69, 9.17) is 14.2 Å². The summed E-state index contributed by atoms with van der Waals surface area (Å²) < 4.78 is 17.7. The third-order valence-electron chi connectivity index (χ3n) is 3.48. The van der Waals surface area contributed by atoms with Crippen LogP contribution in [-0.2, 0) is 0 Å². The second kappa shape index (κ2) is 4.37. The fourth-order valence-corrected chi connectivity index (χ4v) is 2.44. The van der Waals surface area contributed by atoms with Crippen molar-refractivity contribution in [1.29, 1.82) is 0 Å². The maximum atomic E-state index is 12.6. The van der Waals surface area contributed by atoms with Crippen LogP contribution in [0.3, 0.4) is 0 Å². The summed E-state index contributed by atoms with van der Waals surface area (Å²) in [5, 5.41) is 0.491. The number of ether oxygens (including phenoxy) is 3. The summed E-state index contributed by atoms with van der Waals surface area (Å²) in [6.45, 7) is 0.983. The molecule has 3 aromatic rings. The molecule has 0 N–H and O–H groups in total. The van der Waals surface area contributed by atoms with Crippen LogP contribution in [0.4, 0.5) is 0 Å². The van der Waals surface area contributed by atoms with Crippen molar-refractivity contribution in [3.05, 3.63) is 40.8 Å². The highest BCUT2D eigenvalue weighted by atomic mass is 16.6. The van der Waals surface area contributed by atoms with E-state index in [-0.39, 0.29) is 5.56 Å². The maximum Gasteiger partial charge on any atom is 0.265 e. The fraction of sp³-hybridized carbons (Fsp3) is 0.200. The first-order valence-electron chi connectivity index (χ1n) is 6.56. The number of pyridine rings is 1. The van der Waals surface area contributed by atoms with Gasteiger partial charge in [-0.3, -0.25) is 9.20 Å². The standard InChI is InChI=1S/C15H12N2O4/c1-19-9-2-3-14-16-11-7-13-12(20-4-5-21-13)6-10(11)15(18)17(14)8-9/h2-3,6-8H,4-5H2,1H3. The van der Waals surface area contributed by atoms with E-state index in [1.807, 2.05) is 0 Å². The van der Waals surface area contributed by atoms with E-state index in [1.54, 1.807) is 37.6 Å². The molecule has 4 rings (SSSR count). The maximum absolute atomic E-state index is 12.6. The summed E-state index contributed by atoms with van der Waals surface area (Å²) in [4.78, 5) is 17.1. The van der Waals surface area contributed by atoms with Crippen LogP contribution in [0, 0.1) is 0 Å². The number of fused-ring (bicyclic) bond motifs is 3. The molecule has 2 aromatic heterocycles. The minimum atomic E-state index is -0.161. The van der Waals surface area contributed by atoms with E-state index < -0.39 is 0 Å². The fourth-order valence-electron chi connectivity index (χ4n) is 2.44. The van der Waals surface area contributed by atoms with E-state index in [9.17, 15) is 4.79 Å². The summed E-state index contributed by atoms with van der Waals surface area (Å²) in [6.07, 6.45) is 1.63. The lowest BCUT2D eigenvalue weighted by molar-refractivity contribution is 0.172. The van der Waals surface area contributed by atoms with Crippen LogP contribution in [0.2, 0.25) is 0 Å². The smallest absolute Gasteiger partial charge is 0.265 e. The Labute approximate surface area is 119 Å². The first kappa shape index (κ1) is 12.0. The second-order valence-corrected chi connectivity index (χ2v) is 4.73. The Morgan fingerprint density at radius 1 is 1.19 bits per heavy atom. The van der Waals surface area contributed by atoms with E-state index in [0.717, 1.165) is 0 Å². The molecule has 1 aliphatic rings. The van der Waals surface area contributed by atoms with Crippen LogP contribution in [0.1, 0.15) is 0 Å². The van der Waals surface area contributed by atoms with Gasteiger partial charge in [0.2, 0.25) is 0 Å². The summed E-state index contributed by atoms with van der Waals surface area (Å²) in [5.41, 5.74) is 0.991. The van der Waals surface area contributed by atoms with E-state index in [0.29, 0.717) is 47.0 Å². The van der Waals surface area contributed by atoms with Crippen LogP contribution < -0.4 is 19.8 Å². The normalized spacial score (nSPS) is 13.6. The minimum Gasteiger partial charge on any atom is -0.495 e. The first-order chi connectivity index (χ1) is 10.3. The van der Waals surface area contributed by atoms with Crippen molar-refractivity contribution >= 4 is 16.6 Å². The largest absolute Gasteiger partial charge is 0.495 e. The van der Waals surface area contributed by atoms with Gasteiger partial charge in [-0.25, -0.2) is 4.98 Å². The Balaban J connectivity index is 2.08. The molecule has 0 aliphatic carbocycles. The highest BCUT2D eigenvalue weighted by Crippen LogP contribution is 2.33. The molecule has 3 heterocycles. The monoisotopic (exact) mass is 284 g/mol. The first-order valence-corrected chi connectivity index (χ1v) is 6.56. The van der Waals surface area contributed by atoms with E-state index in [2.05, 4.69) is 4.98 Å². The van der Waals surface area contributed by atoms with Crippen molar-refractivity contribution < 1.29 is 14.2 Å². The van der Waals surface area contributed by atoms with Gasteiger partial charge in [0, 0.05) is 6.07 Å². The molecule has 0 atom stereocenters. The van der Waals surface area contributed by atoms with Crippen LogP contribution in [0.5, 0.6) is 17.2 Å². The quantitative estimate of drug-likeness (QED) is 0.636. The number of hydrogen-bond donors (Lipinski definition) is 0. The zero-order chi connectivity index (χ0) is 14.4. The molecule has 1 aliphatic heterocycles. The lowest BCUT2D eigenvalue weighted by atomic mass is 10.2. The molecule has 6 nitrogen and oxygen atoms in total. The van der Waals surface area contributed by atoms with Gasteiger partial charge in [-0.05, 0) is 18.2 Å². The highest BCUT2D eigenvalue weighted by molar-refractivity contribution is 5.83. The molecule has 0 radical (unpaired) electrons. The molecular weight excluding hydrogens is 272 g/mol. The Kier molecular flexibility index (Phi) is 2.50. The molecule has 6 heteroatoms. The Hall–Kier alpha value is -2.76. The third-order valence-corrected chi connectivity index (χ3v) is 3.48. The van der Waals surface area contributed by atoms with Crippen LogP contribution in [-0.4, -0.2) is 29.7 Å². The molecule has 0 bridgehead atoms. The molecule has 0 unspecified atom stereocenters. The van der Waals surface area contributed by atoms with E-state index in [1.165, 1.54) is 4.40 Å². The van der Waals surface area contributed by atoms with Gasteiger partial charge in [-0.2, -0.15) is 0 Å². The predicted octanol–water partition coefficient (Wildman–Crippen LogP) is 1.63. The van der Waals surface area contributed by atoms with Gasteiger partial charge < -0.3 is 14.2 Å². The van der Waals surface area contributed by atoms with Gasteiger partial charge in [0.1, 0.15) is 24.6 Å². The molecule has 0 amide bonds. The van der Waals surface area contributed by atoms with Crippen molar-refractivity contribution in [3.8, 4) is 17.2 Å². The Morgan fingerprint density at radius 2 is 1.95 bits per heavy atom. The van der Waals surface area contributed by atoms with Gasteiger partial charge in [0.15, 0.2) is 11.5 Å². The third kappa shape index (κ3) is 1.79. The molecule has 0 saturated carbocycles. The number of rotatable bonds is 1. The predicted molar refractivity (Wildman–Crippen MR) is 76.5 cm³/mol. The van der Waals surface area contributed by atoms with Gasteiger partial charge in [0.05, 0.1) is 24.2 Å². The lowest BCUT2D eigenvalue weighted by Crippen LogP contribution is -2.18. The number of benzene rings is 1. The average molecular weight is 284 g/mol. The van der Waals surface area contributed by atoms with Crippen LogP contribution in [0.15, 0.2) is 35.3 Å². The summed E-state index contributed by atoms with van der Waals surface area (Å²) in [7, 11) is 1.56. The Bertz CT molecular complexity index is 917. The average Bonchev–Trinajstić information content (AvgIpc) is 2.53. The van der Waals surface area contributed by atoms with Gasteiger partial charge in [0.25, 0.3) is 5.56 Å². The van der Waals surface area contributed by atoms with Crippen molar-refractivity contribution in [1.82, 2.24) is 9.38 Å². The summed E-state index contributed by atoms with van der Waals surface area (Å²) >= 11 is 0. The minimum absolute atomic E-state index is 0.161. The van der Waals surface area contributed by atoms with Gasteiger partial charge in [-0.15, -0.1) is 0 Å². The number of nitrogens with zero attached hydrogens (tertiary/aromatic N) is 2. The van der Waals surface area contributed by atoms with Crippen molar-refractivity contribution in [2.75, 3.05) is 20.3 Å². The van der Waals surface area contributed by atoms with Gasteiger partial charge >= 0.3 is 0 Å². The molecule has 106 valence electrons. The van der Waals surface area contributed by atoms with Crippen molar-refractivity contribution in [2.24, 2.45) is 0 Å². The molecule has 1 aromatic carbocycles. The lowest BCUT2D eigenvalue weighted by Gasteiger charge is -2.18. The molecule has 0 saturated heterocycles. The number of aromatic nitrogens is 2. The topological polar surface area (TPSA) is 62.1 Å². The Morgan fingerprint density at radius 3 is 2.71 bits per heavy atom. The molecule has 0 spiro atoms.